The molecule has 0 amide bonds. The third kappa shape index (κ3) is 3.06. The summed E-state index contributed by atoms with van der Waals surface area (Å²) in [5, 5.41) is 4.31. The minimum Gasteiger partial charge on any atom is -0.302 e. The van der Waals surface area contributed by atoms with E-state index in [1.54, 1.807) is 16.8 Å². The zero-order chi connectivity index (χ0) is 13.2. The molecule has 2 fully saturated rings. The molecule has 0 atom stereocenters. The van der Waals surface area contributed by atoms with Crippen LogP contribution in [-0.4, -0.2) is 34.3 Å². The molecule has 0 aromatic carbocycles. The molecule has 2 aliphatic rings. The van der Waals surface area contributed by atoms with E-state index in [1.807, 2.05) is 6.92 Å². The number of hydrogen-bond donors (Lipinski definition) is 0. The Bertz CT molecular complexity index is 484. The van der Waals surface area contributed by atoms with Gasteiger partial charge in [-0.05, 0) is 31.7 Å². The van der Waals surface area contributed by atoms with E-state index in [-0.39, 0.29) is 5.56 Å². The average molecular weight is 261 g/mol. The number of nitrogens with zero attached hydrogens (tertiary/aromatic N) is 3. The van der Waals surface area contributed by atoms with Gasteiger partial charge < -0.3 is 4.90 Å². The molecule has 1 aliphatic heterocycles. The molecule has 0 radical (unpaired) electrons. The van der Waals surface area contributed by atoms with Gasteiger partial charge in [-0.25, -0.2) is 4.68 Å². The second kappa shape index (κ2) is 5.45. The lowest BCUT2D eigenvalue weighted by Gasteiger charge is -2.40. The van der Waals surface area contributed by atoms with Gasteiger partial charge >= 0.3 is 0 Å². The van der Waals surface area contributed by atoms with Crippen LogP contribution < -0.4 is 5.56 Å². The number of aromatic nitrogens is 2. The van der Waals surface area contributed by atoms with Crippen molar-refractivity contribution < 1.29 is 0 Å². The number of rotatable bonds is 4. The molecule has 4 nitrogen and oxygen atoms in total. The molecular weight excluding hydrogens is 238 g/mol. The van der Waals surface area contributed by atoms with Gasteiger partial charge in [0, 0.05) is 31.6 Å². The van der Waals surface area contributed by atoms with Crippen molar-refractivity contribution in [1.82, 2.24) is 14.7 Å². The van der Waals surface area contributed by atoms with Crippen molar-refractivity contribution in [2.45, 2.75) is 39.2 Å². The van der Waals surface area contributed by atoms with Crippen molar-refractivity contribution in [2.75, 3.05) is 19.6 Å². The highest BCUT2D eigenvalue weighted by atomic mass is 16.1. The van der Waals surface area contributed by atoms with E-state index in [2.05, 4.69) is 10.00 Å². The molecule has 1 aromatic heterocycles. The Morgan fingerprint density at radius 3 is 2.63 bits per heavy atom. The van der Waals surface area contributed by atoms with Crippen LogP contribution in [0.25, 0.3) is 0 Å². The number of likely N-dealkylation sites (tertiary alicyclic amines) is 1. The summed E-state index contributed by atoms with van der Waals surface area (Å²) in [5.41, 5.74) is 0.946. The molecule has 1 saturated carbocycles. The summed E-state index contributed by atoms with van der Waals surface area (Å²) in [4.78, 5) is 14.2. The highest BCUT2D eigenvalue weighted by Crippen LogP contribution is 2.28. The summed E-state index contributed by atoms with van der Waals surface area (Å²) in [7, 11) is 0. The molecule has 2 heterocycles. The second-order valence-electron chi connectivity index (χ2n) is 6.23. The highest BCUT2D eigenvalue weighted by molar-refractivity contribution is 4.97. The summed E-state index contributed by atoms with van der Waals surface area (Å²) in [6, 6.07) is 3.41. The number of hydrogen-bond acceptors (Lipinski definition) is 3. The van der Waals surface area contributed by atoms with Gasteiger partial charge in [-0.3, -0.25) is 4.79 Å². The third-order valence-electron chi connectivity index (χ3n) is 4.46. The van der Waals surface area contributed by atoms with E-state index < -0.39 is 0 Å². The quantitative estimate of drug-likeness (QED) is 0.827. The topological polar surface area (TPSA) is 38.1 Å². The fourth-order valence-corrected chi connectivity index (χ4v) is 3.43. The first-order valence-electron chi connectivity index (χ1n) is 7.48. The monoisotopic (exact) mass is 261 g/mol. The molecule has 0 spiro atoms. The fraction of sp³-hybridized carbons (Fsp3) is 0.733. The molecule has 1 saturated heterocycles. The van der Waals surface area contributed by atoms with Crippen molar-refractivity contribution in [2.24, 2.45) is 11.8 Å². The molecule has 104 valence electrons. The van der Waals surface area contributed by atoms with Crippen LogP contribution in [0.3, 0.4) is 0 Å². The van der Waals surface area contributed by atoms with Gasteiger partial charge in [0.05, 0.1) is 12.2 Å². The smallest absolute Gasteiger partial charge is 0.266 e. The third-order valence-corrected chi connectivity index (χ3v) is 4.46. The summed E-state index contributed by atoms with van der Waals surface area (Å²) in [5.74, 6) is 1.54. The van der Waals surface area contributed by atoms with Crippen LogP contribution in [0.15, 0.2) is 16.9 Å². The maximum absolute atomic E-state index is 11.7. The molecule has 4 heteroatoms. The average Bonchev–Trinajstić information content (AvgIpc) is 2.83. The minimum absolute atomic E-state index is 0.0276. The van der Waals surface area contributed by atoms with E-state index >= 15 is 0 Å². The van der Waals surface area contributed by atoms with Crippen LogP contribution in [0.5, 0.6) is 0 Å². The first kappa shape index (κ1) is 12.9. The minimum atomic E-state index is 0.0276. The van der Waals surface area contributed by atoms with Crippen molar-refractivity contribution in [3.63, 3.8) is 0 Å². The zero-order valence-corrected chi connectivity index (χ0v) is 11.7. The Morgan fingerprint density at radius 2 is 1.89 bits per heavy atom. The van der Waals surface area contributed by atoms with Gasteiger partial charge in [0.2, 0.25) is 0 Å². The Morgan fingerprint density at radius 1 is 1.16 bits per heavy atom. The fourth-order valence-electron chi connectivity index (χ4n) is 3.43. The van der Waals surface area contributed by atoms with Crippen LogP contribution in [0, 0.1) is 18.8 Å². The Kier molecular flexibility index (Phi) is 3.69. The van der Waals surface area contributed by atoms with E-state index in [0.29, 0.717) is 5.92 Å². The van der Waals surface area contributed by atoms with E-state index in [4.69, 9.17) is 0 Å². The van der Waals surface area contributed by atoms with Crippen molar-refractivity contribution in [1.29, 1.82) is 0 Å². The predicted octanol–water partition coefficient (Wildman–Crippen LogP) is 1.67. The molecule has 1 aromatic rings. The van der Waals surface area contributed by atoms with Crippen LogP contribution in [0.2, 0.25) is 0 Å². The van der Waals surface area contributed by atoms with Gasteiger partial charge in [-0.1, -0.05) is 12.8 Å². The molecule has 0 bridgehead atoms. The standard InChI is InChI=1S/C15H23N3O/c1-12-6-7-15(19)18(16-12)11-14-9-17(10-14)8-13-4-2-3-5-13/h6-7,13-14H,2-5,8-11H2,1H3. The van der Waals surface area contributed by atoms with E-state index in [9.17, 15) is 4.79 Å². The molecule has 1 aliphatic carbocycles. The van der Waals surface area contributed by atoms with Crippen molar-refractivity contribution in [3.8, 4) is 0 Å². The maximum Gasteiger partial charge on any atom is 0.266 e. The second-order valence-corrected chi connectivity index (χ2v) is 6.23. The van der Waals surface area contributed by atoms with Gasteiger partial charge in [0.15, 0.2) is 0 Å². The summed E-state index contributed by atoms with van der Waals surface area (Å²) in [6.45, 7) is 6.26. The molecule has 19 heavy (non-hydrogen) atoms. The van der Waals surface area contributed by atoms with Crippen molar-refractivity contribution in [3.05, 3.63) is 28.2 Å². The van der Waals surface area contributed by atoms with E-state index in [1.165, 1.54) is 32.2 Å². The highest BCUT2D eigenvalue weighted by Gasteiger charge is 2.29. The van der Waals surface area contributed by atoms with Crippen molar-refractivity contribution >= 4 is 0 Å². The normalized spacial score (nSPS) is 21.7. The van der Waals surface area contributed by atoms with Crippen LogP contribution in [0.4, 0.5) is 0 Å². The zero-order valence-electron chi connectivity index (χ0n) is 11.7. The summed E-state index contributed by atoms with van der Waals surface area (Å²) < 4.78 is 1.63. The largest absolute Gasteiger partial charge is 0.302 e. The van der Waals surface area contributed by atoms with Gasteiger partial charge in [0.25, 0.3) is 5.56 Å². The van der Waals surface area contributed by atoms with Crippen LogP contribution in [0.1, 0.15) is 31.4 Å². The number of aryl methyl sites for hydroxylation is 1. The molecule has 3 rings (SSSR count). The lowest BCUT2D eigenvalue weighted by Crippen LogP contribution is -2.50. The molecule has 0 unspecified atom stereocenters. The summed E-state index contributed by atoms with van der Waals surface area (Å²) in [6.07, 6.45) is 5.68. The SMILES string of the molecule is Cc1ccc(=O)n(CC2CN(CC3CCCC3)C2)n1. The Balaban J connectivity index is 1.48. The van der Waals surface area contributed by atoms with Gasteiger partial charge in [0.1, 0.15) is 0 Å². The molecule has 0 N–H and O–H groups in total. The van der Waals surface area contributed by atoms with Crippen LogP contribution in [-0.2, 0) is 6.54 Å². The maximum atomic E-state index is 11.7. The van der Waals surface area contributed by atoms with Gasteiger partial charge in [-0.15, -0.1) is 0 Å². The predicted molar refractivity (Wildman–Crippen MR) is 75.1 cm³/mol. The van der Waals surface area contributed by atoms with E-state index in [0.717, 1.165) is 31.2 Å². The lowest BCUT2D eigenvalue weighted by atomic mass is 9.97. The van der Waals surface area contributed by atoms with Crippen LogP contribution >= 0.6 is 0 Å². The van der Waals surface area contributed by atoms with Gasteiger partial charge in [-0.2, -0.15) is 5.10 Å². The Labute approximate surface area is 114 Å². The first-order chi connectivity index (χ1) is 9.20. The molecular formula is C15H23N3O. The first-order valence-corrected chi connectivity index (χ1v) is 7.48. The summed E-state index contributed by atoms with van der Waals surface area (Å²) >= 11 is 0. The Hall–Kier alpha value is -1.16. The lowest BCUT2D eigenvalue weighted by molar-refractivity contribution is 0.0681.